The van der Waals surface area contributed by atoms with E-state index in [1.807, 2.05) is 0 Å². The second-order valence-electron chi connectivity index (χ2n) is 6.56. The molecule has 0 aromatic heterocycles. The van der Waals surface area contributed by atoms with Crippen LogP contribution in [0, 0.1) is 16.7 Å². The maximum atomic E-state index is 12.1. The van der Waals surface area contributed by atoms with Crippen LogP contribution < -0.4 is 0 Å². The lowest BCUT2D eigenvalue weighted by Gasteiger charge is -2.62. The number of ketones is 1. The van der Waals surface area contributed by atoms with Crippen LogP contribution >= 0.6 is 0 Å². The summed E-state index contributed by atoms with van der Waals surface area (Å²) < 4.78 is 5.29. The molecule has 2 aliphatic carbocycles. The van der Waals surface area contributed by atoms with E-state index in [9.17, 15) is 9.59 Å². The number of fused-ring (bicyclic) bond motifs is 1. The lowest BCUT2D eigenvalue weighted by Crippen LogP contribution is -2.63. The molecule has 0 aromatic rings. The molecule has 0 bridgehead atoms. The third-order valence-corrected chi connectivity index (χ3v) is 4.74. The van der Waals surface area contributed by atoms with Crippen LogP contribution in [-0.4, -0.2) is 17.9 Å². The van der Waals surface area contributed by atoms with E-state index in [1.165, 1.54) is 6.92 Å². The van der Waals surface area contributed by atoms with Crippen molar-refractivity contribution in [3.63, 3.8) is 0 Å². The van der Waals surface area contributed by atoms with Crippen molar-refractivity contribution in [2.45, 2.75) is 59.5 Å². The first kappa shape index (κ1) is 12.6. The SMILES string of the molecule is CC(=O)O[C@H]1C[C@]2(C(C)(C)C)CCCC(=O)[C@H]12. The first-order valence-electron chi connectivity index (χ1n) is 6.48. The summed E-state index contributed by atoms with van der Waals surface area (Å²) in [5.41, 5.74) is 0.160. The highest BCUT2D eigenvalue weighted by Crippen LogP contribution is 2.63. The summed E-state index contributed by atoms with van der Waals surface area (Å²) in [7, 11) is 0. The lowest BCUT2D eigenvalue weighted by molar-refractivity contribution is -0.206. The predicted octanol–water partition coefficient (Wildman–Crippen LogP) is 2.72. The van der Waals surface area contributed by atoms with Gasteiger partial charge in [0.25, 0.3) is 0 Å². The molecule has 2 fully saturated rings. The van der Waals surface area contributed by atoms with Gasteiger partial charge < -0.3 is 4.74 Å². The van der Waals surface area contributed by atoms with E-state index in [0.717, 1.165) is 19.3 Å². The van der Waals surface area contributed by atoms with Crippen LogP contribution in [0.3, 0.4) is 0 Å². The quantitative estimate of drug-likeness (QED) is 0.660. The van der Waals surface area contributed by atoms with Gasteiger partial charge in [-0.25, -0.2) is 0 Å². The summed E-state index contributed by atoms with van der Waals surface area (Å²) in [5.74, 6) is -0.0280. The van der Waals surface area contributed by atoms with Crippen molar-refractivity contribution in [2.24, 2.45) is 16.7 Å². The van der Waals surface area contributed by atoms with E-state index in [-0.39, 0.29) is 28.8 Å². The number of hydrogen-bond donors (Lipinski definition) is 0. The van der Waals surface area contributed by atoms with E-state index in [0.29, 0.717) is 12.2 Å². The zero-order chi connectivity index (χ0) is 12.8. The summed E-state index contributed by atoms with van der Waals surface area (Å²) in [6.07, 6.45) is 3.41. The molecule has 0 unspecified atom stereocenters. The smallest absolute Gasteiger partial charge is 0.302 e. The zero-order valence-corrected chi connectivity index (χ0v) is 11.2. The Balaban J connectivity index is 2.23. The minimum Gasteiger partial charge on any atom is -0.462 e. The molecule has 3 atom stereocenters. The van der Waals surface area contributed by atoms with Crippen LogP contribution in [0.5, 0.6) is 0 Å². The summed E-state index contributed by atoms with van der Waals surface area (Å²) >= 11 is 0. The van der Waals surface area contributed by atoms with Crippen LogP contribution in [0.15, 0.2) is 0 Å². The van der Waals surface area contributed by atoms with Gasteiger partial charge in [-0.05, 0) is 30.1 Å². The van der Waals surface area contributed by atoms with Gasteiger partial charge in [0.05, 0.1) is 5.92 Å². The Hall–Kier alpha value is -0.860. The molecule has 3 heteroatoms. The van der Waals surface area contributed by atoms with Crippen molar-refractivity contribution in [2.75, 3.05) is 0 Å². The third kappa shape index (κ3) is 1.80. The maximum Gasteiger partial charge on any atom is 0.302 e. The molecule has 0 N–H and O–H groups in total. The van der Waals surface area contributed by atoms with Gasteiger partial charge in [0.15, 0.2) is 0 Å². The molecule has 3 nitrogen and oxygen atoms in total. The van der Waals surface area contributed by atoms with Crippen LogP contribution in [0.4, 0.5) is 0 Å². The van der Waals surface area contributed by atoms with Crippen molar-refractivity contribution in [1.82, 2.24) is 0 Å². The van der Waals surface area contributed by atoms with Gasteiger partial charge >= 0.3 is 5.97 Å². The van der Waals surface area contributed by atoms with E-state index < -0.39 is 0 Å². The highest BCUT2D eigenvalue weighted by Gasteiger charge is 2.64. The summed E-state index contributed by atoms with van der Waals surface area (Å²) in [5, 5.41) is 0. The Morgan fingerprint density at radius 2 is 2.06 bits per heavy atom. The van der Waals surface area contributed by atoms with Crippen LogP contribution in [0.25, 0.3) is 0 Å². The second-order valence-corrected chi connectivity index (χ2v) is 6.56. The van der Waals surface area contributed by atoms with Gasteiger partial charge in [-0.1, -0.05) is 20.8 Å². The Labute approximate surface area is 103 Å². The number of esters is 1. The van der Waals surface area contributed by atoms with Crippen molar-refractivity contribution in [3.05, 3.63) is 0 Å². The molecule has 0 aromatic carbocycles. The molecular weight excluding hydrogens is 216 g/mol. The molecule has 0 saturated heterocycles. The molecule has 0 spiro atoms. The first-order chi connectivity index (χ1) is 7.78. The Morgan fingerprint density at radius 3 is 2.59 bits per heavy atom. The third-order valence-electron chi connectivity index (χ3n) is 4.74. The number of carbonyl (C=O) groups excluding carboxylic acids is 2. The number of rotatable bonds is 1. The summed E-state index contributed by atoms with van der Waals surface area (Å²) in [4.78, 5) is 23.2. The molecule has 0 aliphatic heterocycles. The van der Waals surface area contributed by atoms with Crippen molar-refractivity contribution < 1.29 is 14.3 Å². The molecule has 2 aliphatic rings. The number of ether oxygens (including phenoxy) is 1. The van der Waals surface area contributed by atoms with E-state index in [4.69, 9.17) is 4.74 Å². The molecule has 2 saturated carbocycles. The molecular formula is C14H22O3. The highest BCUT2D eigenvalue weighted by molar-refractivity contribution is 5.85. The average Bonchev–Trinajstić information content (AvgIpc) is 2.10. The fraction of sp³-hybridized carbons (Fsp3) is 0.857. The molecule has 0 amide bonds. The zero-order valence-electron chi connectivity index (χ0n) is 11.2. The molecule has 0 heterocycles. The van der Waals surface area contributed by atoms with Crippen LogP contribution in [-0.2, 0) is 14.3 Å². The minimum absolute atomic E-state index is 0.0554. The monoisotopic (exact) mass is 238 g/mol. The summed E-state index contributed by atoms with van der Waals surface area (Å²) in [6, 6.07) is 0. The Kier molecular flexibility index (Phi) is 2.83. The predicted molar refractivity (Wildman–Crippen MR) is 64.4 cm³/mol. The van der Waals surface area contributed by atoms with Crippen molar-refractivity contribution in [3.8, 4) is 0 Å². The van der Waals surface area contributed by atoms with Crippen molar-refractivity contribution >= 4 is 11.8 Å². The molecule has 96 valence electrons. The molecule has 2 rings (SSSR count). The van der Waals surface area contributed by atoms with Gasteiger partial charge in [-0.2, -0.15) is 0 Å². The summed E-state index contributed by atoms with van der Waals surface area (Å²) in [6.45, 7) is 8.01. The van der Waals surface area contributed by atoms with Gasteiger partial charge in [-0.15, -0.1) is 0 Å². The fourth-order valence-corrected chi connectivity index (χ4v) is 3.78. The Bertz CT molecular complexity index is 353. The maximum absolute atomic E-state index is 12.1. The largest absolute Gasteiger partial charge is 0.462 e. The standard InChI is InChI=1S/C14H22O3/c1-9(15)17-11-8-14(13(2,3)4)7-5-6-10(16)12(11)14/h11-12H,5-8H2,1-4H3/t11-,12+,14+/m0/s1. The van der Waals surface area contributed by atoms with Crippen LogP contribution in [0.1, 0.15) is 53.4 Å². The number of carbonyl (C=O) groups is 2. The van der Waals surface area contributed by atoms with Gasteiger partial charge in [0.2, 0.25) is 0 Å². The molecule has 17 heavy (non-hydrogen) atoms. The average molecular weight is 238 g/mol. The van der Waals surface area contributed by atoms with E-state index in [1.54, 1.807) is 0 Å². The van der Waals surface area contributed by atoms with Gasteiger partial charge in [0.1, 0.15) is 11.9 Å². The first-order valence-corrected chi connectivity index (χ1v) is 6.48. The van der Waals surface area contributed by atoms with Gasteiger partial charge in [0, 0.05) is 13.3 Å². The van der Waals surface area contributed by atoms with Crippen molar-refractivity contribution in [1.29, 1.82) is 0 Å². The fourth-order valence-electron chi connectivity index (χ4n) is 3.78. The van der Waals surface area contributed by atoms with Crippen LogP contribution in [0.2, 0.25) is 0 Å². The minimum atomic E-state index is -0.268. The second kappa shape index (κ2) is 3.82. The molecule has 0 radical (unpaired) electrons. The lowest BCUT2D eigenvalue weighted by atomic mass is 9.43. The van der Waals surface area contributed by atoms with E-state index >= 15 is 0 Å². The topological polar surface area (TPSA) is 43.4 Å². The Morgan fingerprint density at radius 1 is 1.41 bits per heavy atom. The highest BCUT2D eigenvalue weighted by atomic mass is 16.5. The normalized spacial score (nSPS) is 37.1. The number of Topliss-reactive ketones (excluding diaryl/α,β-unsaturated/α-hetero) is 1. The van der Waals surface area contributed by atoms with Gasteiger partial charge in [-0.3, -0.25) is 9.59 Å². The van der Waals surface area contributed by atoms with E-state index in [2.05, 4.69) is 20.8 Å². The number of hydrogen-bond acceptors (Lipinski definition) is 3.